The van der Waals surface area contributed by atoms with Gasteiger partial charge >= 0.3 is 0 Å². The summed E-state index contributed by atoms with van der Waals surface area (Å²) in [5.41, 5.74) is 3.94. The zero-order valence-electron chi connectivity index (χ0n) is 18.9. The van der Waals surface area contributed by atoms with Crippen LogP contribution in [0, 0.1) is 13.8 Å². The van der Waals surface area contributed by atoms with E-state index in [0.29, 0.717) is 44.1 Å². The number of pyridine rings is 1. The standard InChI is InChI=1S/C26H27N3O4/c1-17-19-7-3-4-8-21(19)27-18(2)20(17)15-25(30)28-11-13-29(14-12-28)26(31)24-16-32-22-9-5-6-10-23(22)33-24/h3-10,24H,11-16H2,1-2H3. The van der Waals surface area contributed by atoms with Gasteiger partial charge in [-0.15, -0.1) is 0 Å². The predicted molar refractivity (Wildman–Crippen MR) is 124 cm³/mol. The van der Waals surface area contributed by atoms with Crippen molar-refractivity contribution in [2.24, 2.45) is 0 Å². The van der Waals surface area contributed by atoms with E-state index < -0.39 is 6.10 Å². The number of hydrogen-bond acceptors (Lipinski definition) is 5. The largest absolute Gasteiger partial charge is 0.485 e. The molecule has 2 aliphatic heterocycles. The number of carbonyl (C=O) groups is 2. The molecule has 1 fully saturated rings. The molecule has 5 rings (SSSR count). The summed E-state index contributed by atoms with van der Waals surface area (Å²) < 4.78 is 11.5. The highest BCUT2D eigenvalue weighted by Gasteiger charge is 2.33. The van der Waals surface area contributed by atoms with Crippen LogP contribution in [-0.4, -0.2) is 65.5 Å². The van der Waals surface area contributed by atoms with E-state index in [4.69, 9.17) is 9.47 Å². The average Bonchev–Trinajstić information content (AvgIpc) is 2.85. The highest BCUT2D eigenvalue weighted by atomic mass is 16.6. The maximum Gasteiger partial charge on any atom is 0.267 e. The molecular weight excluding hydrogens is 418 g/mol. The summed E-state index contributed by atoms with van der Waals surface area (Å²) in [5.74, 6) is 1.22. The third kappa shape index (κ3) is 4.11. The lowest BCUT2D eigenvalue weighted by atomic mass is 9.99. The Morgan fingerprint density at radius 2 is 1.61 bits per heavy atom. The van der Waals surface area contributed by atoms with E-state index in [9.17, 15) is 9.59 Å². The summed E-state index contributed by atoms with van der Waals surface area (Å²) in [7, 11) is 0. The van der Waals surface area contributed by atoms with Crippen molar-refractivity contribution in [3.63, 3.8) is 0 Å². The van der Waals surface area contributed by atoms with Crippen LogP contribution in [0.3, 0.4) is 0 Å². The zero-order chi connectivity index (χ0) is 22.9. The Morgan fingerprint density at radius 1 is 0.939 bits per heavy atom. The molecule has 0 N–H and O–H groups in total. The van der Waals surface area contributed by atoms with Gasteiger partial charge in [-0.05, 0) is 43.2 Å². The van der Waals surface area contributed by atoms with E-state index in [1.165, 1.54) is 0 Å². The van der Waals surface area contributed by atoms with Gasteiger partial charge in [0.2, 0.25) is 12.0 Å². The molecule has 33 heavy (non-hydrogen) atoms. The molecule has 0 saturated carbocycles. The molecule has 2 aromatic carbocycles. The first-order chi connectivity index (χ1) is 16.0. The van der Waals surface area contributed by atoms with Gasteiger partial charge in [-0.2, -0.15) is 0 Å². The molecule has 1 aromatic heterocycles. The van der Waals surface area contributed by atoms with Crippen molar-refractivity contribution >= 4 is 22.7 Å². The number of amides is 2. The van der Waals surface area contributed by atoms with Crippen molar-refractivity contribution in [3.8, 4) is 11.5 Å². The number of rotatable bonds is 3. The molecule has 2 aliphatic rings. The minimum atomic E-state index is -0.656. The summed E-state index contributed by atoms with van der Waals surface area (Å²) in [6.07, 6.45) is -0.337. The predicted octanol–water partition coefficient (Wildman–Crippen LogP) is 2.90. The molecule has 1 saturated heterocycles. The second kappa shape index (κ2) is 8.73. The van der Waals surface area contributed by atoms with Crippen molar-refractivity contribution in [2.75, 3.05) is 32.8 Å². The summed E-state index contributed by atoms with van der Waals surface area (Å²) in [6.45, 7) is 6.20. The lowest BCUT2D eigenvalue weighted by Crippen LogP contribution is -2.55. The van der Waals surface area contributed by atoms with Gasteiger partial charge < -0.3 is 19.3 Å². The minimum Gasteiger partial charge on any atom is -0.485 e. The summed E-state index contributed by atoms with van der Waals surface area (Å²) in [5, 5.41) is 1.08. The quantitative estimate of drug-likeness (QED) is 0.620. The van der Waals surface area contributed by atoms with Crippen LogP contribution in [0.5, 0.6) is 11.5 Å². The number of nitrogens with zero attached hydrogens (tertiary/aromatic N) is 3. The zero-order valence-corrected chi connectivity index (χ0v) is 18.9. The average molecular weight is 446 g/mol. The molecule has 0 bridgehead atoms. The van der Waals surface area contributed by atoms with Gasteiger partial charge in [0.15, 0.2) is 11.5 Å². The fourth-order valence-electron chi connectivity index (χ4n) is 4.61. The highest BCUT2D eigenvalue weighted by molar-refractivity contribution is 5.87. The van der Waals surface area contributed by atoms with Gasteiger partial charge in [-0.1, -0.05) is 30.3 Å². The van der Waals surface area contributed by atoms with Crippen LogP contribution in [-0.2, 0) is 16.0 Å². The normalized spacial score (nSPS) is 17.8. The Bertz CT molecular complexity index is 1220. The molecule has 7 nitrogen and oxygen atoms in total. The molecular formula is C26H27N3O4. The first kappa shape index (κ1) is 21.2. The maximum absolute atomic E-state index is 13.1. The van der Waals surface area contributed by atoms with Gasteiger partial charge in [0.05, 0.1) is 11.9 Å². The van der Waals surface area contributed by atoms with Gasteiger partial charge in [0.25, 0.3) is 5.91 Å². The Balaban J connectivity index is 1.21. The van der Waals surface area contributed by atoms with E-state index in [0.717, 1.165) is 27.7 Å². The molecule has 0 aliphatic carbocycles. The number of benzene rings is 2. The van der Waals surface area contributed by atoms with Gasteiger partial charge in [0.1, 0.15) is 6.61 Å². The van der Waals surface area contributed by atoms with E-state index in [-0.39, 0.29) is 18.4 Å². The molecule has 1 atom stereocenters. The second-order valence-corrected chi connectivity index (χ2v) is 8.56. The SMILES string of the molecule is Cc1nc2ccccc2c(C)c1CC(=O)N1CCN(C(=O)C2COc3ccccc3O2)CC1. The monoisotopic (exact) mass is 445 g/mol. The molecule has 170 valence electrons. The smallest absolute Gasteiger partial charge is 0.267 e. The summed E-state index contributed by atoms with van der Waals surface area (Å²) in [6, 6.07) is 15.4. The highest BCUT2D eigenvalue weighted by Crippen LogP contribution is 2.31. The molecule has 3 heterocycles. The lowest BCUT2D eigenvalue weighted by molar-refractivity contribution is -0.146. The number of fused-ring (bicyclic) bond motifs is 2. The van der Waals surface area contributed by atoms with E-state index in [2.05, 4.69) is 11.9 Å². The molecule has 0 spiro atoms. The Labute approximate surface area is 192 Å². The van der Waals surface area contributed by atoms with Gasteiger partial charge in [-0.3, -0.25) is 14.6 Å². The maximum atomic E-state index is 13.1. The Morgan fingerprint density at radius 3 is 2.39 bits per heavy atom. The Kier molecular flexibility index (Phi) is 5.62. The number of para-hydroxylation sites is 3. The van der Waals surface area contributed by atoms with E-state index in [1.54, 1.807) is 11.0 Å². The number of aryl methyl sites for hydroxylation is 2. The lowest BCUT2D eigenvalue weighted by Gasteiger charge is -2.37. The number of hydrogen-bond donors (Lipinski definition) is 0. The number of piperazine rings is 1. The molecule has 0 radical (unpaired) electrons. The van der Waals surface area contributed by atoms with Crippen LogP contribution in [0.2, 0.25) is 0 Å². The van der Waals surface area contributed by atoms with Crippen LogP contribution in [0.25, 0.3) is 10.9 Å². The molecule has 1 unspecified atom stereocenters. The topological polar surface area (TPSA) is 72.0 Å². The van der Waals surface area contributed by atoms with Crippen molar-refractivity contribution in [1.29, 1.82) is 0 Å². The van der Waals surface area contributed by atoms with E-state index >= 15 is 0 Å². The minimum absolute atomic E-state index is 0.0663. The Hall–Kier alpha value is -3.61. The first-order valence-corrected chi connectivity index (χ1v) is 11.3. The second-order valence-electron chi connectivity index (χ2n) is 8.56. The first-order valence-electron chi connectivity index (χ1n) is 11.3. The number of carbonyl (C=O) groups excluding carboxylic acids is 2. The van der Waals surface area contributed by atoms with Crippen LogP contribution >= 0.6 is 0 Å². The summed E-state index contributed by atoms with van der Waals surface area (Å²) in [4.78, 5) is 34.3. The van der Waals surface area contributed by atoms with Crippen molar-refractivity contribution in [1.82, 2.24) is 14.8 Å². The van der Waals surface area contributed by atoms with Gasteiger partial charge in [-0.25, -0.2) is 0 Å². The molecule has 2 amide bonds. The number of ether oxygens (including phenoxy) is 2. The summed E-state index contributed by atoms with van der Waals surface area (Å²) >= 11 is 0. The van der Waals surface area contributed by atoms with Gasteiger partial charge in [0, 0.05) is 37.3 Å². The van der Waals surface area contributed by atoms with Crippen LogP contribution < -0.4 is 9.47 Å². The fourth-order valence-corrected chi connectivity index (χ4v) is 4.61. The van der Waals surface area contributed by atoms with Crippen molar-refractivity contribution in [3.05, 3.63) is 65.4 Å². The molecule has 7 heteroatoms. The van der Waals surface area contributed by atoms with Crippen LogP contribution in [0.4, 0.5) is 0 Å². The van der Waals surface area contributed by atoms with E-state index in [1.807, 2.05) is 54.3 Å². The van der Waals surface area contributed by atoms with Crippen molar-refractivity contribution in [2.45, 2.75) is 26.4 Å². The third-order valence-corrected chi connectivity index (χ3v) is 6.54. The third-order valence-electron chi connectivity index (χ3n) is 6.54. The fraction of sp³-hybridized carbons (Fsp3) is 0.346. The van der Waals surface area contributed by atoms with Crippen molar-refractivity contribution < 1.29 is 19.1 Å². The molecule has 3 aromatic rings. The number of aromatic nitrogens is 1. The van der Waals surface area contributed by atoms with Crippen LogP contribution in [0.1, 0.15) is 16.8 Å². The van der Waals surface area contributed by atoms with Crippen LogP contribution in [0.15, 0.2) is 48.5 Å².